The number of esters is 1. The summed E-state index contributed by atoms with van der Waals surface area (Å²) in [7, 11) is 0. The van der Waals surface area contributed by atoms with Crippen molar-refractivity contribution in [3.05, 3.63) is 70.2 Å². The Labute approximate surface area is 154 Å². The zero-order chi connectivity index (χ0) is 18.2. The predicted molar refractivity (Wildman–Crippen MR) is 98.5 cm³/mol. The predicted octanol–water partition coefficient (Wildman–Crippen LogP) is 3.90. The van der Waals surface area contributed by atoms with Gasteiger partial charge in [0, 0.05) is 16.2 Å². The molecule has 0 bridgehead atoms. The molecule has 2 aromatic rings. The van der Waals surface area contributed by atoms with Gasteiger partial charge >= 0.3 is 5.97 Å². The molecule has 5 nitrogen and oxygen atoms in total. The highest BCUT2D eigenvalue weighted by atomic mass is 79.9. The van der Waals surface area contributed by atoms with Crippen molar-refractivity contribution in [1.29, 1.82) is 5.26 Å². The van der Waals surface area contributed by atoms with E-state index in [-0.39, 0.29) is 0 Å². The normalized spacial score (nSPS) is 11.6. The van der Waals surface area contributed by atoms with Crippen molar-refractivity contribution < 1.29 is 14.3 Å². The van der Waals surface area contributed by atoms with Crippen molar-refractivity contribution in [3.8, 4) is 6.07 Å². The Morgan fingerprint density at radius 1 is 1.16 bits per heavy atom. The lowest BCUT2D eigenvalue weighted by molar-refractivity contribution is -0.148. The first-order chi connectivity index (χ1) is 12.0. The fraction of sp³-hybridized carbons (Fsp3) is 0.105. The first-order valence-corrected chi connectivity index (χ1v) is 8.22. The third kappa shape index (κ3) is 5.90. The summed E-state index contributed by atoms with van der Waals surface area (Å²) in [6.45, 7) is 1.49. The van der Waals surface area contributed by atoms with Gasteiger partial charge in [0.25, 0.3) is 5.91 Å². The first-order valence-electron chi connectivity index (χ1n) is 7.43. The minimum atomic E-state index is -0.947. The number of ether oxygens (including phenoxy) is 1. The molecule has 1 N–H and O–H groups in total. The van der Waals surface area contributed by atoms with Gasteiger partial charge in [0.2, 0.25) is 0 Å². The molecule has 0 saturated carbocycles. The van der Waals surface area contributed by atoms with Crippen LogP contribution in [0.25, 0.3) is 6.08 Å². The Balaban J connectivity index is 1.87. The van der Waals surface area contributed by atoms with Crippen LogP contribution < -0.4 is 5.32 Å². The zero-order valence-electron chi connectivity index (χ0n) is 13.4. The SMILES string of the molecule is C[C@@H](OC(=O)/C=C/c1ccc(Br)cc1)C(=O)Nc1ccc(C#N)cc1. The molecule has 126 valence electrons. The molecule has 0 fully saturated rings. The Morgan fingerprint density at radius 3 is 2.40 bits per heavy atom. The second kappa shape index (κ2) is 8.81. The van der Waals surface area contributed by atoms with E-state index < -0.39 is 18.0 Å². The summed E-state index contributed by atoms with van der Waals surface area (Å²) in [4.78, 5) is 23.8. The molecule has 0 radical (unpaired) electrons. The third-order valence-corrected chi connectivity index (χ3v) is 3.75. The van der Waals surface area contributed by atoms with Crippen LogP contribution in [0.15, 0.2) is 59.1 Å². The molecule has 0 unspecified atom stereocenters. The van der Waals surface area contributed by atoms with E-state index in [1.54, 1.807) is 30.3 Å². The summed E-state index contributed by atoms with van der Waals surface area (Å²) in [6, 6.07) is 15.8. The molecule has 0 spiro atoms. The Kier molecular flexibility index (Phi) is 6.49. The fourth-order valence-corrected chi connectivity index (χ4v) is 2.14. The van der Waals surface area contributed by atoms with Crippen LogP contribution in [-0.4, -0.2) is 18.0 Å². The van der Waals surface area contributed by atoms with Crippen LogP contribution in [0.1, 0.15) is 18.1 Å². The average molecular weight is 399 g/mol. The topological polar surface area (TPSA) is 79.2 Å². The Bertz CT molecular complexity index is 821. The van der Waals surface area contributed by atoms with Crippen molar-refractivity contribution in [2.75, 3.05) is 5.32 Å². The van der Waals surface area contributed by atoms with Crippen molar-refractivity contribution >= 4 is 39.6 Å². The summed E-state index contributed by atoms with van der Waals surface area (Å²) in [5, 5.41) is 11.4. The highest BCUT2D eigenvalue weighted by molar-refractivity contribution is 9.10. The van der Waals surface area contributed by atoms with Crippen molar-refractivity contribution in [2.45, 2.75) is 13.0 Å². The van der Waals surface area contributed by atoms with Crippen molar-refractivity contribution in [3.63, 3.8) is 0 Å². The number of amides is 1. The van der Waals surface area contributed by atoms with Gasteiger partial charge in [-0.2, -0.15) is 5.26 Å². The lowest BCUT2D eigenvalue weighted by Gasteiger charge is -2.12. The van der Waals surface area contributed by atoms with E-state index in [9.17, 15) is 9.59 Å². The number of rotatable bonds is 5. The maximum atomic E-state index is 12.0. The van der Waals surface area contributed by atoms with Crippen LogP contribution in [0.3, 0.4) is 0 Å². The van der Waals surface area contributed by atoms with Crippen LogP contribution in [0.5, 0.6) is 0 Å². The molecule has 1 amide bonds. The molecule has 0 aliphatic carbocycles. The van der Waals surface area contributed by atoms with E-state index in [2.05, 4.69) is 21.2 Å². The lowest BCUT2D eigenvalue weighted by atomic mass is 10.2. The van der Waals surface area contributed by atoms with Crippen molar-refractivity contribution in [2.24, 2.45) is 0 Å². The second-order valence-electron chi connectivity index (χ2n) is 5.14. The number of nitrogens with zero attached hydrogens (tertiary/aromatic N) is 1. The molecule has 6 heteroatoms. The summed E-state index contributed by atoms with van der Waals surface area (Å²) in [6.07, 6.45) is 1.94. The maximum Gasteiger partial charge on any atom is 0.331 e. The first kappa shape index (κ1) is 18.4. The molecule has 0 aliphatic rings. The molecule has 25 heavy (non-hydrogen) atoms. The van der Waals surface area contributed by atoms with Gasteiger partial charge in [0.1, 0.15) is 0 Å². The monoisotopic (exact) mass is 398 g/mol. The van der Waals surface area contributed by atoms with Gasteiger partial charge in [-0.05, 0) is 55.0 Å². The second-order valence-corrected chi connectivity index (χ2v) is 6.06. The van der Waals surface area contributed by atoms with Gasteiger partial charge in [-0.3, -0.25) is 4.79 Å². The molecule has 0 heterocycles. The molecule has 1 atom stereocenters. The number of carbonyl (C=O) groups is 2. The average Bonchev–Trinajstić information content (AvgIpc) is 2.61. The van der Waals surface area contributed by atoms with Gasteiger partial charge in [0.15, 0.2) is 6.10 Å². The number of nitriles is 1. The smallest absolute Gasteiger partial charge is 0.331 e. The number of carbonyl (C=O) groups excluding carboxylic acids is 2. The number of hydrogen-bond acceptors (Lipinski definition) is 4. The fourth-order valence-electron chi connectivity index (χ4n) is 1.88. The van der Waals surface area contributed by atoms with Crippen LogP contribution in [0.2, 0.25) is 0 Å². The van der Waals surface area contributed by atoms with Gasteiger partial charge in [-0.15, -0.1) is 0 Å². The minimum Gasteiger partial charge on any atom is -0.449 e. The molecule has 2 aromatic carbocycles. The van der Waals surface area contributed by atoms with Crippen LogP contribution >= 0.6 is 15.9 Å². The standard InChI is InChI=1S/C19H15BrN2O3/c1-13(19(24)22-17-9-4-15(12-21)5-10-17)25-18(23)11-6-14-2-7-16(20)8-3-14/h2-11,13H,1H3,(H,22,24)/b11-6+/t13-/m1/s1. The van der Waals surface area contributed by atoms with Gasteiger partial charge in [0.05, 0.1) is 11.6 Å². The highest BCUT2D eigenvalue weighted by Crippen LogP contribution is 2.12. The summed E-state index contributed by atoms with van der Waals surface area (Å²) < 4.78 is 6.02. The third-order valence-electron chi connectivity index (χ3n) is 3.23. The Hall–Kier alpha value is -2.91. The van der Waals surface area contributed by atoms with E-state index in [1.165, 1.54) is 13.0 Å². The molecular weight excluding hydrogens is 384 g/mol. The molecule has 0 aliphatic heterocycles. The van der Waals surface area contributed by atoms with Crippen LogP contribution in [0, 0.1) is 11.3 Å². The number of anilines is 1. The number of halogens is 1. The van der Waals surface area contributed by atoms with Gasteiger partial charge in [-0.25, -0.2) is 4.79 Å². The number of nitrogens with one attached hydrogen (secondary N) is 1. The Morgan fingerprint density at radius 2 is 1.80 bits per heavy atom. The van der Waals surface area contributed by atoms with Crippen molar-refractivity contribution in [1.82, 2.24) is 0 Å². The molecule has 2 rings (SSSR count). The van der Waals surface area contributed by atoms with Crippen LogP contribution in [-0.2, 0) is 14.3 Å². The van der Waals surface area contributed by atoms with E-state index >= 15 is 0 Å². The number of hydrogen-bond donors (Lipinski definition) is 1. The lowest BCUT2D eigenvalue weighted by Crippen LogP contribution is -2.29. The van der Waals surface area contributed by atoms with Gasteiger partial charge < -0.3 is 10.1 Å². The van der Waals surface area contributed by atoms with E-state index in [4.69, 9.17) is 10.00 Å². The quantitative estimate of drug-likeness (QED) is 0.611. The summed E-state index contributed by atoms with van der Waals surface area (Å²) >= 11 is 3.33. The molecule has 0 aromatic heterocycles. The minimum absolute atomic E-state index is 0.449. The highest BCUT2D eigenvalue weighted by Gasteiger charge is 2.16. The van der Waals surface area contributed by atoms with E-state index in [0.29, 0.717) is 11.3 Å². The summed E-state index contributed by atoms with van der Waals surface area (Å²) in [5.74, 6) is -1.06. The molecule has 0 saturated heterocycles. The van der Waals surface area contributed by atoms with E-state index in [1.807, 2.05) is 30.3 Å². The largest absolute Gasteiger partial charge is 0.449 e. The maximum absolute atomic E-state index is 12.0. The number of benzene rings is 2. The molecular formula is C19H15BrN2O3. The van der Waals surface area contributed by atoms with Gasteiger partial charge in [-0.1, -0.05) is 28.1 Å². The zero-order valence-corrected chi connectivity index (χ0v) is 15.0. The van der Waals surface area contributed by atoms with E-state index in [0.717, 1.165) is 10.0 Å². The summed E-state index contributed by atoms with van der Waals surface area (Å²) in [5.41, 5.74) is 1.86. The van der Waals surface area contributed by atoms with Crippen LogP contribution in [0.4, 0.5) is 5.69 Å².